The Hall–Kier alpha value is -0.870. The Bertz CT molecular complexity index is 438. The molecular weight excluding hydrogens is 246 g/mol. The van der Waals surface area contributed by atoms with E-state index in [0.29, 0.717) is 0 Å². The third kappa shape index (κ3) is 6.17. The number of aryl methyl sites for hydroxylation is 2. The third-order valence-corrected chi connectivity index (χ3v) is 2.83. The van der Waals surface area contributed by atoms with Crippen molar-refractivity contribution in [1.82, 2.24) is 0 Å². The number of nitrogens with two attached hydrogens (primary N) is 1. The summed E-state index contributed by atoms with van der Waals surface area (Å²) in [6.45, 7) is 11.3. The second-order valence-corrected chi connectivity index (χ2v) is 5.80. The van der Waals surface area contributed by atoms with Crippen LogP contribution in [0.2, 0.25) is 0 Å². The summed E-state index contributed by atoms with van der Waals surface area (Å²) in [6, 6.07) is 6.94. The highest BCUT2D eigenvalue weighted by atomic mass is 32.2. The van der Waals surface area contributed by atoms with Gasteiger partial charge in [0.1, 0.15) is 0 Å². The molecule has 0 fully saturated rings. The highest BCUT2D eigenvalue weighted by Crippen LogP contribution is 2.25. The molecule has 0 heterocycles. The molecule has 0 saturated carbocycles. The lowest BCUT2D eigenvalue weighted by Gasteiger charge is -2.21. The SMILES string of the molecule is CCc1ccc(C(C)(C)C)cc1CC.N[SH](=O)=O. The topological polar surface area (TPSA) is 60.2 Å². The Balaban J connectivity index is 0.000000631. The van der Waals surface area contributed by atoms with E-state index in [1.165, 1.54) is 16.7 Å². The van der Waals surface area contributed by atoms with Gasteiger partial charge >= 0.3 is 0 Å². The van der Waals surface area contributed by atoms with E-state index < -0.39 is 10.9 Å². The first-order chi connectivity index (χ1) is 8.22. The van der Waals surface area contributed by atoms with E-state index in [1.807, 2.05) is 0 Å². The second-order valence-electron chi connectivity index (χ2n) is 5.23. The van der Waals surface area contributed by atoms with Crippen molar-refractivity contribution in [2.75, 3.05) is 0 Å². The van der Waals surface area contributed by atoms with Crippen molar-refractivity contribution in [2.45, 2.75) is 52.9 Å². The molecule has 0 radical (unpaired) electrons. The normalized spacial score (nSPS) is 11.1. The molecule has 0 spiro atoms. The summed E-state index contributed by atoms with van der Waals surface area (Å²) < 4.78 is 17.6. The molecule has 3 nitrogen and oxygen atoms in total. The van der Waals surface area contributed by atoms with E-state index in [9.17, 15) is 0 Å². The Morgan fingerprint density at radius 1 is 1.06 bits per heavy atom. The van der Waals surface area contributed by atoms with Crippen LogP contribution in [0.15, 0.2) is 18.2 Å². The highest BCUT2D eigenvalue weighted by Gasteiger charge is 2.14. The van der Waals surface area contributed by atoms with Gasteiger partial charge in [0.15, 0.2) is 10.9 Å². The van der Waals surface area contributed by atoms with E-state index in [-0.39, 0.29) is 5.41 Å². The Kier molecular flexibility index (Phi) is 7.18. The fraction of sp³-hybridized carbons (Fsp3) is 0.571. The molecule has 4 heteroatoms. The zero-order chi connectivity index (χ0) is 14.3. The average Bonchev–Trinajstić information content (AvgIpc) is 2.26. The molecule has 0 atom stereocenters. The van der Waals surface area contributed by atoms with Crippen LogP contribution in [0.4, 0.5) is 0 Å². The van der Waals surface area contributed by atoms with Gasteiger partial charge in [-0.25, -0.2) is 13.6 Å². The van der Waals surface area contributed by atoms with Gasteiger partial charge in [-0.3, -0.25) is 0 Å². The van der Waals surface area contributed by atoms with Crippen molar-refractivity contribution < 1.29 is 8.42 Å². The fourth-order valence-corrected chi connectivity index (χ4v) is 1.77. The summed E-state index contributed by atoms with van der Waals surface area (Å²) >= 11 is 0. The molecule has 0 saturated heterocycles. The molecule has 0 aromatic heterocycles. The van der Waals surface area contributed by atoms with Crippen LogP contribution < -0.4 is 5.14 Å². The molecule has 0 bridgehead atoms. The number of benzene rings is 1. The summed E-state index contributed by atoms with van der Waals surface area (Å²) in [6.07, 6.45) is 2.29. The van der Waals surface area contributed by atoms with Gasteiger partial charge in [-0.15, -0.1) is 0 Å². The molecular formula is C14H25NO2S. The Morgan fingerprint density at radius 2 is 1.50 bits per heavy atom. The quantitative estimate of drug-likeness (QED) is 0.812. The van der Waals surface area contributed by atoms with Crippen LogP contribution in [0.3, 0.4) is 0 Å². The highest BCUT2D eigenvalue weighted by molar-refractivity contribution is 7.69. The Labute approximate surface area is 112 Å². The second kappa shape index (κ2) is 7.54. The van der Waals surface area contributed by atoms with Crippen LogP contribution in [0.1, 0.15) is 51.3 Å². The first-order valence-corrected chi connectivity index (χ1v) is 7.48. The van der Waals surface area contributed by atoms with Crippen LogP contribution >= 0.6 is 0 Å². The van der Waals surface area contributed by atoms with Crippen LogP contribution in [0, 0.1) is 0 Å². The lowest BCUT2D eigenvalue weighted by Crippen LogP contribution is -2.11. The van der Waals surface area contributed by atoms with E-state index in [0.717, 1.165) is 12.8 Å². The summed E-state index contributed by atoms with van der Waals surface area (Å²) in [5.74, 6) is 0. The Morgan fingerprint density at radius 3 is 1.83 bits per heavy atom. The smallest absolute Gasteiger partial charge is 0.198 e. The molecule has 1 aromatic rings. The van der Waals surface area contributed by atoms with Crippen molar-refractivity contribution in [2.24, 2.45) is 5.14 Å². The van der Waals surface area contributed by atoms with Gasteiger partial charge in [-0.1, -0.05) is 52.8 Å². The van der Waals surface area contributed by atoms with Crippen molar-refractivity contribution in [3.63, 3.8) is 0 Å². The van der Waals surface area contributed by atoms with E-state index in [1.54, 1.807) is 0 Å². The van der Waals surface area contributed by atoms with Gasteiger partial charge in [0.05, 0.1) is 0 Å². The molecule has 1 rings (SSSR count). The number of hydrogen-bond acceptors (Lipinski definition) is 2. The first kappa shape index (κ1) is 17.1. The molecule has 0 unspecified atom stereocenters. The predicted molar refractivity (Wildman–Crippen MR) is 78.4 cm³/mol. The van der Waals surface area contributed by atoms with Gasteiger partial charge < -0.3 is 0 Å². The van der Waals surface area contributed by atoms with Gasteiger partial charge in [0, 0.05) is 0 Å². The fourth-order valence-electron chi connectivity index (χ4n) is 1.77. The monoisotopic (exact) mass is 271 g/mol. The van der Waals surface area contributed by atoms with E-state index >= 15 is 0 Å². The van der Waals surface area contributed by atoms with Gasteiger partial charge in [-0.05, 0) is 34.9 Å². The summed E-state index contributed by atoms with van der Waals surface area (Å²) in [4.78, 5) is 0. The zero-order valence-electron chi connectivity index (χ0n) is 12.0. The first-order valence-electron chi connectivity index (χ1n) is 6.23. The van der Waals surface area contributed by atoms with Crippen LogP contribution in [0.25, 0.3) is 0 Å². The maximum absolute atomic E-state index is 8.81. The lowest BCUT2D eigenvalue weighted by molar-refractivity contribution is 0.589. The summed E-state index contributed by atoms with van der Waals surface area (Å²) in [5.41, 5.74) is 4.74. The van der Waals surface area contributed by atoms with Crippen molar-refractivity contribution in [3.8, 4) is 0 Å². The summed E-state index contributed by atoms with van der Waals surface area (Å²) in [7, 11) is -2.62. The number of hydrogen-bond donors (Lipinski definition) is 2. The van der Waals surface area contributed by atoms with Crippen molar-refractivity contribution >= 4 is 10.9 Å². The molecule has 104 valence electrons. The molecule has 0 aliphatic heterocycles. The molecule has 0 aliphatic carbocycles. The third-order valence-electron chi connectivity index (χ3n) is 2.83. The predicted octanol–water partition coefficient (Wildman–Crippen LogP) is 2.58. The minimum Gasteiger partial charge on any atom is -0.231 e. The molecule has 0 amide bonds. The molecule has 1 aromatic carbocycles. The number of rotatable bonds is 2. The average molecular weight is 271 g/mol. The minimum absolute atomic E-state index is 0.274. The molecule has 0 aliphatic rings. The lowest BCUT2D eigenvalue weighted by atomic mass is 9.84. The number of thiol groups is 1. The van der Waals surface area contributed by atoms with Crippen LogP contribution in [-0.4, -0.2) is 8.42 Å². The van der Waals surface area contributed by atoms with Crippen molar-refractivity contribution in [1.29, 1.82) is 0 Å². The largest absolute Gasteiger partial charge is 0.231 e. The summed E-state index contributed by atoms with van der Waals surface area (Å²) in [5, 5.41) is 4.06. The van der Waals surface area contributed by atoms with Gasteiger partial charge in [-0.2, -0.15) is 0 Å². The van der Waals surface area contributed by atoms with Gasteiger partial charge in [0.25, 0.3) is 0 Å². The zero-order valence-corrected chi connectivity index (χ0v) is 12.9. The maximum atomic E-state index is 8.81. The molecule has 18 heavy (non-hydrogen) atoms. The van der Waals surface area contributed by atoms with E-state index in [4.69, 9.17) is 8.42 Å². The molecule has 2 N–H and O–H groups in total. The standard InChI is InChI=1S/C14H22.H3NO2S/c1-6-11-8-9-13(14(3,4)5)10-12(11)7-2;1-4(2)3/h8-10H,6-7H2,1-5H3;4H,(H2,1,2,3). The van der Waals surface area contributed by atoms with E-state index in [2.05, 4.69) is 58.0 Å². The van der Waals surface area contributed by atoms with Crippen molar-refractivity contribution in [3.05, 3.63) is 34.9 Å². The maximum Gasteiger partial charge on any atom is 0.198 e. The van der Waals surface area contributed by atoms with Gasteiger partial charge in [0.2, 0.25) is 0 Å². The van der Waals surface area contributed by atoms with Crippen LogP contribution in [-0.2, 0) is 29.1 Å². The minimum atomic E-state index is -2.62. The van der Waals surface area contributed by atoms with Crippen LogP contribution in [0.5, 0.6) is 0 Å².